The van der Waals surface area contributed by atoms with Crippen molar-refractivity contribution in [2.75, 3.05) is 13.2 Å². The van der Waals surface area contributed by atoms with Crippen molar-refractivity contribution in [2.24, 2.45) is 0 Å². The summed E-state index contributed by atoms with van der Waals surface area (Å²) in [6.45, 7) is 10.4. The molecule has 5 rings (SSSR count). The summed E-state index contributed by atoms with van der Waals surface area (Å²) in [5, 5.41) is 0. The largest absolute Gasteiger partial charge is 0.494 e. The molecule has 0 bridgehead atoms. The summed E-state index contributed by atoms with van der Waals surface area (Å²) in [6.07, 6.45) is 9.67. The smallest absolute Gasteiger partial charge is 0.119 e. The molecule has 0 radical (unpaired) electrons. The van der Waals surface area contributed by atoms with Crippen LogP contribution in [0.5, 0.6) is 11.5 Å². The first-order valence-electron chi connectivity index (χ1n) is 15.8. The molecule has 0 aliphatic heterocycles. The molecule has 4 aromatic rings. The Bertz CT molecular complexity index is 1300. The molecule has 0 saturated carbocycles. The van der Waals surface area contributed by atoms with Gasteiger partial charge in [-0.2, -0.15) is 0 Å². The van der Waals surface area contributed by atoms with E-state index in [1.165, 1.54) is 83.0 Å². The highest BCUT2D eigenvalue weighted by Gasteiger charge is 2.46. The molecular formula is C39H46O2. The molecule has 0 saturated heterocycles. The van der Waals surface area contributed by atoms with Crippen molar-refractivity contribution in [3.63, 3.8) is 0 Å². The molecule has 41 heavy (non-hydrogen) atoms. The van der Waals surface area contributed by atoms with Crippen LogP contribution in [0.2, 0.25) is 0 Å². The molecule has 0 heterocycles. The quantitative estimate of drug-likeness (QED) is 0.129. The molecule has 214 valence electrons. The van der Waals surface area contributed by atoms with Gasteiger partial charge in [-0.05, 0) is 84.3 Å². The monoisotopic (exact) mass is 546 g/mol. The van der Waals surface area contributed by atoms with Crippen LogP contribution in [0.1, 0.15) is 98.6 Å². The molecule has 0 atom stereocenters. The highest BCUT2D eigenvalue weighted by atomic mass is 16.5. The lowest BCUT2D eigenvalue weighted by Crippen LogP contribution is -2.28. The van der Waals surface area contributed by atoms with Crippen LogP contribution in [0.15, 0.2) is 84.9 Å². The number of hydrogen-bond acceptors (Lipinski definition) is 2. The van der Waals surface area contributed by atoms with Gasteiger partial charge in [0.25, 0.3) is 0 Å². The minimum Gasteiger partial charge on any atom is -0.494 e. The summed E-state index contributed by atoms with van der Waals surface area (Å²) in [6, 6.07) is 31.6. The van der Waals surface area contributed by atoms with Gasteiger partial charge in [0.05, 0.1) is 18.6 Å². The van der Waals surface area contributed by atoms with Crippen LogP contribution < -0.4 is 9.47 Å². The molecule has 0 unspecified atom stereocenters. The first-order valence-corrected chi connectivity index (χ1v) is 15.8. The van der Waals surface area contributed by atoms with E-state index in [-0.39, 0.29) is 0 Å². The first kappa shape index (κ1) is 29.0. The second-order valence-electron chi connectivity index (χ2n) is 11.7. The second-order valence-corrected chi connectivity index (χ2v) is 11.7. The molecular weight excluding hydrogens is 500 g/mol. The van der Waals surface area contributed by atoms with E-state index in [0.29, 0.717) is 0 Å². The minimum atomic E-state index is -0.415. The fourth-order valence-corrected chi connectivity index (χ4v) is 6.38. The van der Waals surface area contributed by atoms with Crippen molar-refractivity contribution in [1.29, 1.82) is 0 Å². The average Bonchev–Trinajstić information content (AvgIpc) is 3.27. The lowest BCUT2D eigenvalue weighted by atomic mass is 9.67. The standard InChI is InChI=1S/C39H46O2/c1-5-7-9-11-25-40-33-19-15-31(16-20-33)39(32-17-21-34(22-18-32)41-26-12-10-8-6-2)37-27-29(3)13-23-35(37)36-24-14-30(4)28-38(36)39/h13-24,27-28H,5-12,25-26H2,1-4H3. The highest BCUT2D eigenvalue weighted by molar-refractivity contribution is 5.86. The van der Waals surface area contributed by atoms with Crippen molar-refractivity contribution in [1.82, 2.24) is 0 Å². The van der Waals surface area contributed by atoms with Gasteiger partial charge in [0.1, 0.15) is 11.5 Å². The predicted molar refractivity (Wildman–Crippen MR) is 172 cm³/mol. The Hall–Kier alpha value is -3.52. The van der Waals surface area contributed by atoms with Gasteiger partial charge in [0.2, 0.25) is 0 Å². The van der Waals surface area contributed by atoms with E-state index in [0.717, 1.165) is 37.6 Å². The molecule has 0 fully saturated rings. The van der Waals surface area contributed by atoms with E-state index in [9.17, 15) is 0 Å². The Morgan fingerprint density at radius 2 is 0.902 bits per heavy atom. The Kier molecular flexibility index (Phi) is 9.49. The van der Waals surface area contributed by atoms with Gasteiger partial charge < -0.3 is 9.47 Å². The van der Waals surface area contributed by atoms with Gasteiger partial charge in [-0.15, -0.1) is 0 Å². The van der Waals surface area contributed by atoms with E-state index in [4.69, 9.17) is 9.47 Å². The Morgan fingerprint density at radius 3 is 1.29 bits per heavy atom. The second kappa shape index (κ2) is 13.4. The van der Waals surface area contributed by atoms with Gasteiger partial charge in [0.15, 0.2) is 0 Å². The maximum atomic E-state index is 6.15. The maximum absolute atomic E-state index is 6.15. The van der Waals surface area contributed by atoms with Crippen molar-refractivity contribution >= 4 is 0 Å². The molecule has 0 aromatic heterocycles. The van der Waals surface area contributed by atoms with Crippen LogP contribution in [-0.2, 0) is 5.41 Å². The van der Waals surface area contributed by atoms with Crippen molar-refractivity contribution < 1.29 is 9.47 Å². The Morgan fingerprint density at radius 1 is 0.488 bits per heavy atom. The van der Waals surface area contributed by atoms with Gasteiger partial charge >= 0.3 is 0 Å². The highest BCUT2D eigenvalue weighted by Crippen LogP contribution is 2.56. The zero-order chi connectivity index (χ0) is 28.7. The molecule has 0 N–H and O–H groups in total. The molecule has 2 nitrogen and oxygen atoms in total. The zero-order valence-electron chi connectivity index (χ0n) is 25.5. The number of hydrogen-bond donors (Lipinski definition) is 0. The lowest BCUT2D eigenvalue weighted by molar-refractivity contribution is 0.305. The molecule has 2 heteroatoms. The van der Waals surface area contributed by atoms with Crippen molar-refractivity contribution in [2.45, 2.75) is 84.5 Å². The van der Waals surface area contributed by atoms with Gasteiger partial charge in [-0.1, -0.05) is 124 Å². The fourth-order valence-electron chi connectivity index (χ4n) is 6.38. The Balaban J connectivity index is 1.55. The molecule has 0 amide bonds. The third-order valence-corrected chi connectivity index (χ3v) is 8.56. The van der Waals surface area contributed by atoms with E-state index >= 15 is 0 Å². The first-order chi connectivity index (χ1) is 20.1. The average molecular weight is 547 g/mol. The number of unbranched alkanes of at least 4 members (excludes halogenated alkanes) is 6. The SMILES string of the molecule is CCCCCCOc1ccc(C2(c3ccc(OCCCCCC)cc3)c3cc(C)ccc3-c3ccc(C)cc32)cc1. The third-order valence-electron chi connectivity index (χ3n) is 8.56. The molecule has 4 aromatic carbocycles. The number of ether oxygens (including phenoxy) is 2. The minimum absolute atomic E-state index is 0.415. The fraction of sp³-hybridized carbons (Fsp3) is 0.385. The lowest BCUT2D eigenvalue weighted by Gasteiger charge is -2.34. The number of fused-ring (bicyclic) bond motifs is 3. The molecule has 1 aliphatic rings. The van der Waals surface area contributed by atoms with Crippen LogP contribution in [0, 0.1) is 13.8 Å². The van der Waals surface area contributed by atoms with Crippen LogP contribution in [0.25, 0.3) is 11.1 Å². The summed E-state index contributed by atoms with van der Waals surface area (Å²) in [7, 11) is 0. The van der Waals surface area contributed by atoms with Crippen LogP contribution in [0.4, 0.5) is 0 Å². The van der Waals surface area contributed by atoms with Crippen molar-refractivity contribution in [3.8, 4) is 22.6 Å². The van der Waals surface area contributed by atoms with Gasteiger partial charge in [-0.25, -0.2) is 0 Å². The van der Waals surface area contributed by atoms with Crippen LogP contribution >= 0.6 is 0 Å². The normalized spacial score (nSPS) is 13.1. The van der Waals surface area contributed by atoms with E-state index in [1.807, 2.05) is 0 Å². The number of benzene rings is 4. The summed E-state index contributed by atoms with van der Waals surface area (Å²) in [4.78, 5) is 0. The summed E-state index contributed by atoms with van der Waals surface area (Å²) >= 11 is 0. The topological polar surface area (TPSA) is 18.5 Å². The number of rotatable bonds is 14. The summed E-state index contributed by atoms with van der Waals surface area (Å²) in [5.41, 5.74) is 9.99. The van der Waals surface area contributed by atoms with Crippen LogP contribution in [0.3, 0.4) is 0 Å². The number of aryl methyl sites for hydroxylation is 2. The van der Waals surface area contributed by atoms with Gasteiger partial charge in [0, 0.05) is 0 Å². The van der Waals surface area contributed by atoms with Crippen LogP contribution in [-0.4, -0.2) is 13.2 Å². The summed E-state index contributed by atoms with van der Waals surface area (Å²) < 4.78 is 12.3. The summed E-state index contributed by atoms with van der Waals surface area (Å²) in [5.74, 6) is 1.89. The molecule has 0 spiro atoms. The van der Waals surface area contributed by atoms with E-state index < -0.39 is 5.41 Å². The third kappa shape index (κ3) is 6.08. The van der Waals surface area contributed by atoms with E-state index in [1.54, 1.807) is 0 Å². The van der Waals surface area contributed by atoms with Gasteiger partial charge in [-0.3, -0.25) is 0 Å². The van der Waals surface area contributed by atoms with E-state index in [2.05, 4.69) is 113 Å². The Labute approximate surface area is 247 Å². The molecule has 1 aliphatic carbocycles. The zero-order valence-corrected chi connectivity index (χ0v) is 25.5. The predicted octanol–water partition coefficient (Wildman–Crippen LogP) is 10.6. The van der Waals surface area contributed by atoms with Crippen molar-refractivity contribution in [3.05, 3.63) is 118 Å². The maximum Gasteiger partial charge on any atom is 0.119 e.